The van der Waals surface area contributed by atoms with E-state index in [0.717, 1.165) is 45.8 Å². The van der Waals surface area contributed by atoms with Crippen LogP contribution in [0.5, 0.6) is 11.5 Å². The number of ether oxygens (including phenoxy) is 1. The Morgan fingerprint density at radius 3 is 2.14 bits per heavy atom. The number of carbonyl (C=O) groups is 1. The number of phenols is 1. The molecule has 42 heavy (non-hydrogen) atoms. The van der Waals surface area contributed by atoms with Crippen LogP contribution in [0.15, 0.2) is 72.1 Å². The molecule has 1 aromatic heterocycles. The number of aromatic hydroxyl groups is 1. The van der Waals surface area contributed by atoms with E-state index in [9.17, 15) is 9.90 Å². The van der Waals surface area contributed by atoms with Gasteiger partial charge in [0.2, 0.25) is 0 Å². The number of benzene rings is 3. The summed E-state index contributed by atoms with van der Waals surface area (Å²) in [6, 6.07) is 21.7. The Morgan fingerprint density at radius 1 is 0.929 bits per heavy atom. The van der Waals surface area contributed by atoms with Crippen LogP contribution in [0.1, 0.15) is 92.4 Å². The SMILES string of the molecule is CC(C)(C)c1cc(-c2csc(C3CCN(C(=O)c4ccccc4OCc4ccccc4)CC3)n2)cc(C(C)(C)C)c1O. The van der Waals surface area contributed by atoms with Crippen LogP contribution in [0.3, 0.4) is 0 Å². The number of hydrogen-bond acceptors (Lipinski definition) is 5. The third-order valence-corrected chi connectivity index (χ3v) is 9.04. The molecule has 1 fully saturated rings. The van der Waals surface area contributed by atoms with E-state index in [1.165, 1.54) is 0 Å². The average Bonchev–Trinajstić information content (AvgIpc) is 3.46. The lowest BCUT2D eigenvalue weighted by atomic mass is 9.78. The van der Waals surface area contributed by atoms with Crippen molar-refractivity contribution in [1.29, 1.82) is 0 Å². The Hall–Kier alpha value is -3.64. The van der Waals surface area contributed by atoms with Crippen molar-refractivity contribution < 1.29 is 14.6 Å². The molecule has 3 aromatic carbocycles. The topological polar surface area (TPSA) is 62.7 Å². The Balaban J connectivity index is 1.28. The maximum Gasteiger partial charge on any atom is 0.257 e. The molecule has 1 N–H and O–H groups in total. The quantitative estimate of drug-likeness (QED) is 0.247. The molecule has 6 heteroatoms. The highest BCUT2D eigenvalue weighted by Gasteiger charge is 2.30. The number of piperidine rings is 1. The van der Waals surface area contributed by atoms with Gasteiger partial charge in [-0.1, -0.05) is 84.0 Å². The molecule has 1 saturated heterocycles. The number of thiazole rings is 1. The standard InChI is InChI=1S/C36H42N2O3S/c1-35(2,3)28-20-26(21-29(32(28)39)36(4,5)6)30-23-42-33(37-30)25-16-18-38(19-17-25)34(40)27-14-10-11-15-31(27)41-22-24-12-8-7-9-13-24/h7-15,20-21,23,25,39H,16-19,22H2,1-6H3. The third-order valence-electron chi connectivity index (χ3n) is 8.03. The van der Waals surface area contributed by atoms with Crippen molar-refractivity contribution in [2.45, 2.75) is 77.7 Å². The Morgan fingerprint density at radius 2 is 1.52 bits per heavy atom. The second kappa shape index (κ2) is 11.9. The average molecular weight is 583 g/mol. The smallest absolute Gasteiger partial charge is 0.257 e. The van der Waals surface area contributed by atoms with Gasteiger partial charge in [0.25, 0.3) is 5.91 Å². The zero-order valence-corrected chi connectivity index (χ0v) is 26.4. The number of aromatic nitrogens is 1. The number of amides is 1. The van der Waals surface area contributed by atoms with E-state index in [1.807, 2.05) is 59.5 Å². The molecular formula is C36H42N2O3S. The van der Waals surface area contributed by atoms with Gasteiger partial charge in [0.1, 0.15) is 18.1 Å². The third kappa shape index (κ3) is 6.54. The Bertz CT molecular complexity index is 1500. The Kier molecular flexibility index (Phi) is 8.47. The van der Waals surface area contributed by atoms with Gasteiger partial charge in [-0.3, -0.25) is 4.79 Å². The highest BCUT2D eigenvalue weighted by atomic mass is 32.1. The number of para-hydroxylation sites is 1. The first kappa shape index (κ1) is 29.8. The van der Waals surface area contributed by atoms with Crippen molar-refractivity contribution in [1.82, 2.24) is 9.88 Å². The van der Waals surface area contributed by atoms with E-state index in [4.69, 9.17) is 9.72 Å². The molecule has 1 aliphatic rings. The predicted octanol–water partition coefficient (Wildman–Crippen LogP) is 8.71. The van der Waals surface area contributed by atoms with Crippen LogP contribution in [-0.2, 0) is 17.4 Å². The minimum atomic E-state index is -0.191. The molecule has 0 atom stereocenters. The van der Waals surface area contributed by atoms with Crippen LogP contribution in [0, 0.1) is 0 Å². The molecule has 4 aromatic rings. The first-order valence-corrected chi connectivity index (χ1v) is 15.7. The van der Waals surface area contributed by atoms with Crippen molar-refractivity contribution in [2.75, 3.05) is 13.1 Å². The van der Waals surface area contributed by atoms with Gasteiger partial charge in [-0.25, -0.2) is 4.98 Å². The number of likely N-dealkylation sites (tertiary alicyclic amines) is 1. The van der Waals surface area contributed by atoms with Gasteiger partial charge in [-0.2, -0.15) is 0 Å². The van der Waals surface area contributed by atoms with Crippen molar-refractivity contribution in [3.63, 3.8) is 0 Å². The first-order valence-electron chi connectivity index (χ1n) is 14.8. The summed E-state index contributed by atoms with van der Waals surface area (Å²) in [5, 5.41) is 14.4. The molecule has 220 valence electrons. The van der Waals surface area contributed by atoms with E-state index in [1.54, 1.807) is 11.3 Å². The second-order valence-corrected chi connectivity index (χ2v) is 14.2. The molecule has 0 spiro atoms. The van der Waals surface area contributed by atoms with E-state index in [2.05, 4.69) is 59.1 Å². The first-order chi connectivity index (χ1) is 19.9. The largest absolute Gasteiger partial charge is 0.507 e. The molecule has 0 unspecified atom stereocenters. The van der Waals surface area contributed by atoms with Gasteiger partial charge >= 0.3 is 0 Å². The van der Waals surface area contributed by atoms with Gasteiger partial charge in [-0.05, 0) is 53.5 Å². The van der Waals surface area contributed by atoms with E-state index in [0.29, 0.717) is 42.7 Å². The maximum atomic E-state index is 13.5. The van der Waals surface area contributed by atoms with Gasteiger partial charge in [0.05, 0.1) is 16.3 Å². The van der Waals surface area contributed by atoms with E-state index >= 15 is 0 Å². The lowest BCUT2D eigenvalue weighted by Gasteiger charge is -2.31. The predicted molar refractivity (Wildman–Crippen MR) is 172 cm³/mol. The summed E-state index contributed by atoms with van der Waals surface area (Å²) in [5.74, 6) is 1.35. The van der Waals surface area contributed by atoms with Crippen molar-refractivity contribution in [3.05, 3.63) is 99.4 Å². The van der Waals surface area contributed by atoms with Gasteiger partial charge in [0.15, 0.2) is 0 Å². The van der Waals surface area contributed by atoms with Crippen LogP contribution >= 0.6 is 11.3 Å². The molecule has 2 heterocycles. The molecular weight excluding hydrogens is 540 g/mol. The lowest BCUT2D eigenvalue weighted by Crippen LogP contribution is -2.38. The summed E-state index contributed by atoms with van der Waals surface area (Å²) in [6.07, 6.45) is 1.75. The number of phenolic OH excluding ortho intramolecular Hbond substituents is 1. The van der Waals surface area contributed by atoms with Crippen LogP contribution in [0.25, 0.3) is 11.3 Å². The molecule has 0 radical (unpaired) electrons. The molecule has 1 amide bonds. The second-order valence-electron chi connectivity index (χ2n) is 13.3. The summed E-state index contributed by atoms with van der Waals surface area (Å²) >= 11 is 1.70. The van der Waals surface area contributed by atoms with Crippen LogP contribution in [-0.4, -0.2) is 34.0 Å². The maximum absolute atomic E-state index is 13.5. The molecule has 0 aliphatic carbocycles. The molecule has 1 aliphatic heterocycles. The summed E-state index contributed by atoms with van der Waals surface area (Å²) in [7, 11) is 0. The minimum absolute atomic E-state index is 0.0189. The van der Waals surface area contributed by atoms with E-state index in [-0.39, 0.29) is 16.7 Å². The van der Waals surface area contributed by atoms with Crippen LogP contribution in [0.2, 0.25) is 0 Å². The summed E-state index contributed by atoms with van der Waals surface area (Å²) in [5.41, 5.74) is 5.19. The summed E-state index contributed by atoms with van der Waals surface area (Å²) in [4.78, 5) is 20.6. The number of rotatable bonds is 6. The normalized spacial score (nSPS) is 14.7. The summed E-state index contributed by atoms with van der Waals surface area (Å²) in [6.45, 7) is 14.6. The molecule has 0 saturated carbocycles. The fraction of sp³-hybridized carbons (Fsp3) is 0.389. The van der Waals surface area contributed by atoms with E-state index < -0.39 is 0 Å². The number of carbonyl (C=O) groups excluding carboxylic acids is 1. The lowest BCUT2D eigenvalue weighted by molar-refractivity contribution is 0.0708. The van der Waals surface area contributed by atoms with Crippen molar-refractivity contribution in [3.8, 4) is 22.8 Å². The van der Waals surface area contributed by atoms with Gasteiger partial charge in [-0.15, -0.1) is 11.3 Å². The monoisotopic (exact) mass is 582 g/mol. The Labute approximate surface area is 254 Å². The van der Waals surface area contributed by atoms with Crippen molar-refractivity contribution >= 4 is 17.2 Å². The molecule has 0 bridgehead atoms. The number of nitrogens with zero attached hydrogens (tertiary/aromatic N) is 2. The van der Waals surface area contributed by atoms with Crippen LogP contribution in [0.4, 0.5) is 0 Å². The van der Waals surface area contributed by atoms with Crippen molar-refractivity contribution in [2.24, 2.45) is 0 Å². The fourth-order valence-electron chi connectivity index (χ4n) is 5.54. The number of hydrogen-bond donors (Lipinski definition) is 1. The highest BCUT2D eigenvalue weighted by Crippen LogP contribution is 2.43. The summed E-state index contributed by atoms with van der Waals surface area (Å²) < 4.78 is 6.06. The molecule has 5 rings (SSSR count). The highest BCUT2D eigenvalue weighted by molar-refractivity contribution is 7.10. The van der Waals surface area contributed by atoms with Crippen LogP contribution < -0.4 is 4.74 Å². The fourth-order valence-corrected chi connectivity index (χ4v) is 6.54. The molecule has 5 nitrogen and oxygen atoms in total. The van der Waals surface area contributed by atoms with Gasteiger partial charge < -0.3 is 14.7 Å². The van der Waals surface area contributed by atoms with Gasteiger partial charge in [0, 0.05) is 41.1 Å². The zero-order chi connectivity index (χ0) is 30.1. The minimum Gasteiger partial charge on any atom is -0.507 e. The zero-order valence-electron chi connectivity index (χ0n) is 25.6.